The molecule has 34 heavy (non-hydrogen) atoms. The van der Waals surface area contributed by atoms with Gasteiger partial charge in [-0.1, -0.05) is 35.3 Å². The fraction of sp³-hybridized carbons (Fsp3) is 0.240. The van der Waals surface area contributed by atoms with Crippen molar-refractivity contribution in [3.8, 4) is 16.9 Å². The van der Waals surface area contributed by atoms with Gasteiger partial charge in [-0.15, -0.1) is 0 Å². The topological polar surface area (TPSA) is 76.6 Å². The summed E-state index contributed by atoms with van der Waals surface area (Å²) in [5.74, 6) is -0.173. The van der Waals surface area contributed by atoms with E-state index in [2.05, 4.69) is 39.5 Å². The Balaban J connectivity index is 1.47. The van der Waals surface area contributed by atoms with Gasteiger partial charge in [-0.05, 0) is 36.8 Å². The van der Waals surface area contributed by atoms with Crippen molar-refractivity contribution < 1.29 is 13.5 Å². The van der Waals surface area contributed by atoms with Crippen LogP contribution < -0.4 is 20.7 Å². The third-order valence-electron chi connectivity index (χ3n) is 6.04. The summed E-state index contributed by atoms with van der Waals surface area (Å²) >= 11 is 12.4. The van der Waals surface area contributed by atoms with E-state index in [-0.39, 0.29) is 16.6 Å². The third-order valence-corrected chi connectivity index (χ3v) is 6.76. The normalized spacial score (nSPS) is 15.0. The molecule has 0 saturated carbocycles. The van der Waals surface area contributed by atoms with Crippen LogP contribution in [0.5, 0.6) is 5.75 Å². The predicted octanol–water partition coefficient (Wildman–Crippen LogP) is 6.07. The number of nitrogen functional groups attached to an aromatic ring is 1. The molecule has 1 aliphatic rings. The van der Waals surface area contributed by atoms with Crippen molar-refractivity contribution in [3.05, 3.63) is 70.3 Å². The van der Waals surface area contributed by atoms with Gasteiger partial charge in [0, 0.05) is 54.2 Å². The Labute approximate surface area is 206 Å². The molecule has 6 nitrogen and oxygen atoms in total. The van der Waals surface area contributed by atoms with E-state index in [1.165, 1.54) is 17.8 Å². The Kier molecular flexibility index (Phi) is 6.25. The molecule has 1 aliphatic heterocycles. The zero-order valence-corrected chi connectivity index (χ0v) is 20.0. The van der Waals surface area contributed by atoms with E-state index < -0.39 is 11.9 Å². The summed E-state index contributed by atoms with van der Waals surface area (Å²) in [6.07, 6.45) is 2.62. The molecule has 0 spiro atoms. The number of benzene rings is 2. The molecule has 3 N–H and O–H groups in total. The second-order valence-electron chi connectivity index (χ2n) is 8.17. The lowest BCUT2D eigenvalue weighted by Gasteiger charge is -2.29. The van der Waals surface area contributed by atoms with Gasteiger partial charge >= 0.3 is 0 Å². The largest absolute Gasteiger partial charge is 0.478 e. The minimum atomic E-state index is -0.697. The summed E-state index contributed by atoms with van der Waals surface area (Å²) < 4.78 is 26.0. The van der Waals surface area contributed by atoms with Gasteiger partial charge in [-0.3, -0.25) is 0 Å². The number of hydrogen-bond acceptors (Lipinski definition) is 6. The van der Waals surface area contributed by atoms with Crippen molar-refractivity contribution in [2.75, 3.05) is 36.8 Å². The van der Waals surface area contributed by atoms with Crippen molar-refractivity contribution in [1.82, 2.24) is 10.3 Å². The lowest BCUT2D eigenvalue weighted by atomic mass is 10.0. The highest BCUT2D eigenvalue weighted by Gasteiger charge is 2.23. The van der Waals surface area contributed by atoms with Crippen molar-refractivity contribution in [1.29, 1.82) is 0 Å². The standard InChI is InChI=1S/C25H23Cl2FN4O2/c1-14(21-19(26)6-7-20(28)22(21)27)34-24-23-17(12-31-25(24)29)18(13-33-23)15-2-4-16(5-3-15)32-10-8-30-9-11-32/h2-7,12-14,30H,8-11H2,1H3,(H2,29,31)/t14-/m1/s1. The number of hydrogen-bond donors (Lipinski definition) is 2. The molecule has 3 heterocycles. The Morgan fingerprint density at radius 3 is 2.62 bits per heavy atom. The zero-order valence-electron chi connectivity index (χ0n) is 18.4. The number of nitrogens with two attached hydrogens (primary N) is 1. The second kappa shape index (κ2) is 9.33. The number of nitrogens with one attached hydrogen (secondary N) is 1. The molecule has 0 bridgehead atoms. The molecule has 5 rings (SSSR count). The van der Waals surface area contributed by atoms with Crippen LogP contribution in [-0.4, -0.2) is 31.2 Å². The summed E-state index contributed by atoms with van der Waals surface area (Å²) in [7, 11) is 0. The fourth-order valence-corrected chi connectivity index (χ4v) is 4.92. The molecule has 0 unspecified atom stereocenters. The monoisotopic (exact) mass is 500 g/mol. The van der Waals surface area contributed by atoms with E-state index in [9.17, 15) is 4.39 Å². The number of pyridine rings is 1. The van der Waals surface area contributed by atoms with Gasteiger partial charge in [0.2, 0.25) is 5.75 Å². The van der Waals surface area contributed by atoms with Crippen molar-refractivity contribution in [2.24, 2.45) is 0 Å². The van der Waals surface area contributed by atoms with Crippen LogP contribution in [0.4, 0.5) is 15.9 Å². The molecule has 1 fully saturated rings. The number of piperazine rings is 1. The van der Waals surface area contributed by atoms with Crippen LogP contribution in [0.2, 0.25) is 10.0 Å². The summed E-state index contributed by atoms with van der Waals surface area (Å²) in [6, 6.07) is 11.0. The molecule has 0 aliphatic carbocycles. The molecule has 0 amide bonds. The summed E-state index contributed by atoms with van der Waals surface area (Å²) in [5.41, 5.74) is 9.94. The van der Waals surface area contributed by atoms with Crippen LogP contribution in [-0.2, 0) is 0 Å². The molecule has 2 aromatic carbocycles. The van der Waals surface area contributed by atoms with Crippen LogP contribution in [0, 0.1) is 5.82 Å². The van der Waals surface area contributed by atoms with Gasteiger partial charge in [0.15, 0.2) is 11.4 Å². The first kappa shape index (κ1) is 22.8. The third kappa shape index (κ3) is 4.15. The quantitative estimate of drug-likeness (QED) is 0.323. The minimum absolute atomic E-state index is 0.0941. The minimum Gasteiger partial charge on any atom is -0.478 e. The Morgan fingerprint density at radius 2 is 1.88 bits per heavy atom. The maximum Gasteiger partial charge on any atom is 0.205 e. The van der Waals surface area contributed by atoms with E-state index in [1.807, 2.05) is 0 Å². The van der Waals surface area contributed by atoms with Crippen LogP contribution in [0.15, 0.2) is 53.3 Å². The van der Waals surface area contributed by atoms with Crippen LogP contribution in [0.3, 0.4) is 0 Å². The highest BCUT2D eigenvalue weighted by atomic mass is 35.5. The first-order chi connectivity index (χ1) is 16.4. The molecule has 4 aromatic rings. The van der Waals surface area contributed by atoms with Crippen molar-refractivity contribution >= 4 is 45.7 Å². The van der Waals surface area contributed by atoms with Gasteiger partial charge in [-0.25, -0.2) is 9.37 Å². The molecule has 1 atom stereocenters. The van der Waals surface area contributed by atoms with E-state index in [4.69, 9.17) is 38.1 Å². The van der Waals surface area contributed by atoms with Gasteiger partial charge in [0.05, 0.1) is 16.7 Å². The molecule has 2 aromatic heterocycles. The van der Waals surface area contributed by atoms with Gasteiger partial charge in [0.1, 0.15) is 11.9 Å². The molecule has 176 valence electrons. The molecular weight excluding hydrogens is 478 g/mol. The first-order valence-electron chi connectivity index (χ1n) is 11.0. The van der Waals surface area contributed by atoms with Crippen molar-refractivity contribution in [2.45, 2.75) is 13.0 Å². The lowest BCUT2D eigenvalue weighted by Crippen LogP contribution is -2.43. The molecular formula is C25H23Cl2FN4O2. The average Bonchev–Trinajstić information content (AvgIpc) is 3.28. The fourth-order valence-electron chi connectivity index (χ4n) is 4.24. The number of rotatable bonds is 5. The summed E-state index contributed by atoms with van der Waals surface area (Å²) in [4.78, 5) is 6.66. The van der Waals surface area contributed by atoms with Gasteiger partial charge < -0.3 is 25.1 Å². The Morgan fingerprint density at radius 1 is 1.15 bits per heavy atom. The number of ether oxygens (including phenoxy) is 1. The number of nitrogens with zero attached hydrogens (tertiary/aromatic N) is 2. The highest BCUT2D eigenvalue weighted by molar-refractivity contribution is 6.36. The number of furan rings is 1. The summed E-state index contributed by atoms with van der Waals surface area (Å²) in [6.45, 7) is 5.64. The zero-order chi connectivity index (χ0) is 23.8. The molecule has 0 radical (unpaired) electrons. The smallest absolute Gasteiger partial charge is 0.205 e. The SMILES string of the molecule is C[C@@H](Oc1c(N)ncc2c(-c3ccc(N4CCNCC4)cc3)coc12)c1c(Cl)ccc(F)c1Cl. The number of halogens is 3. The summed E-state index contributed by atoms with van der Waals surface area (Å²) in [5, 5.41) is 4.32. The van der Waals surface area contributed by atoms with Crippen LogP contribution >= 0.6 is 23.2 Å². The maximum atomic E-state index is 14.0. The maximum absolute atomic E-state index is 14.0. The Hall–Kier alpha value is -3.00. The second-order valence-corrected chi connectivity index (χ2v) is 8.95. The van der Waals surface area contributed by atoms with E-state index in [0.717, 1.165) is 42.7 Å². The van der Waals surface area contributed by atoms with Gasteiger partial charge in [-0.2, -0.15) is 0 Å². The van der Waals surface area contributed by atoms with Crippen LogP contribution in [0.25, 0.3) is 22.1 Å². The van der Waals surface area contributed by atoms with E-state index in [0.29, 0.717) is 16.2 Å². The number of anilines is 2. The first-order valence-corrected chi connectivity index (χ1v) is 11.7. The van der Waals surface area contributed by atoms with E-state index >= 15 is 0 Å². The predicted molar refractivity (Wildman–Crippen MR) is 134 cm³/mol. The lowest BCUT2D eigenvalue weighted by molar-refractivity contribution is 0.227. The average molecular weight is 501 g/mol. The van der Waals surface area contributed by atoms with Crippen molar-refractivity contribution in [3.63, 3.8) is 0 Å². The number of fused-ring (bicyclic) bond motifs is 1. The van der Waals surface area contributed by atoms with Gasteiger partial charge in [0.25, 0.3) is 0 Å². The van der Waals surface area contributed by atoms with E-state index in [1.54, 1.807) is 19.4 Å². The highest BCUT2D eigenvalue weighted by Crippen LogP contribution is 2.41. The van der Waals surface area contributed by atoms with Crippen LogP contribution in [0.1, 0.15) is 18.6 Å². The number of aromatic nitrogens is 1. The Bertz CT molecular complexity index is 1340. The molecule has 1 saturated heterocycles. The molecule has 9 heteroatoms.